The maximum Gasteiger partial charge on any atom is 0.246 e. The molecule has 3 aliphatic heterocycles. The number of Topliss-reactive ketones (excluding diaryl/α,β-unsaturated/α-hetero) is 1. The Kier molecular flexibility index (Phi) is 19.1. The van der Waals surface area contributed by atoms with Gasteiger partial charge >= 0.3 is 0 Å². The number of ketones is 1. The zero-order valence-corrected chi connectivity index (χ0v) is 40.7. The summed E-state index contributed by atoms with van der Waals surface area (Å²) >= 11 is 0. The molecule has 10 atom stereocenters. The summed E-state index contributed by atoms with van der Waals surface area (Å²) in [5, 5.41) is 35.1. The van der Waals surface area contributed by atoms with E-state index in [0.29, 0.717) is 43.2 Å². The molecule has 2 aromatic rings. The molecule has 0 aliphatic carbocycles. The van der Waals surface area contributed by atoms with Gasteiger partial charge in [0.05, 0.1) is 12.1 Å². The SMILES string of the molecule is CC[C@H](C)[C@@H]1NC(=O)[C@@H](CC(C)C)CC(=O)[C@H]2CCCN2C(=O)[C@@H](Cc2ccc(O)cc2)NC(=O)[C@H](Cc2ccccc2)NC(=O)[C@@H]([C@@H](C)O)NC(=O)[C@H]2CCCN2C(=O)[C@H](CC(C)C)NC1=O. The number of aliphatic hydroxyl groups excluding tert-OH is 1. The largest absolute Gasteiger partial charge is 0.508 e. The van der Waals surface area contributed by atoms with Crippen LogP contribution in [-0.4, -0.2) is 129 Å². The Hall–Kier alpha value is -5.84. The van der Waals surface area contributed by atoms with E-state index in [1.807, 2.05) is 41.5 Å². The minimum absolute atomic E-state index is 0.00734. The van der Waals surface area contributed by atoms with Crippen molar-refractivity contribution in [2.75, 3.05) is 13.1 Å². The predicted molar refractivity (Wildman–Crippen MR) is 254 cm³/mol. The van der Waals surface area contributed by atoms with Crippen molar-refractivity contribution in [2.24, 2.45) is 23.7 Å². The van der Waals surface area contributed by atoms with Crippen molar-refractivity contribution in [2.45, 2.75) is 161 Å². The number of hydrogen-bond acceptors (Lipinski definition) is 10. The average molecular weight is 944 g/mol. The van der Waals surface area contributed by atoms with Crippen LogP contribution in [0.1, 0.15) is 111 Å². The number of nitrogens with one attached hydrogen (secondary N) is 5. The fraction of sp³-hybridized carbons (Fsp3) is 0.608. The molecule has 3 heterocycles. The number of phenols is 1. The van der Waals surface area contributed by atoms with Crippen molar-refractivity contribution in [1.82, 2.24) is 36.4 Å². The van der Waals surface area contributed by atoms with Gasteiger partial charge in [-0.05, 0) is 86.5 Å². The van der Waals surface area contributed by atoms with Crippen molar-refractivity contribution in [3.05, 3.63) is 65.7 Å². The first-order valence-electron chi connectivity index (χ1n) is 24.4. The summed E-state index contributed by atoms with van der Waals surface area (Å²) in [5.74, 6) is -6.17. The normalized spacial score (nSPS) is 27.4. The number of amides is 7. The minimum Gasteiger partial charge on any atom is -0.508 e. The maximum absolute atomic E-state index is 14.8. The van der Waals surface area contributed by atoms with Crippen LogP contribution in [0.5, 0.6) is 5.75 Å². The summed E-state index contributed by atoms with van der Waals surface area (Å²) in [4.78, 5) is 118. The number of benzene rings is 2. The van der Waals surface area contributed by atoms with Crippen LogP contribution in [0.2, 0.25) is 0 Å². The van der Waals surface area contributed by atoms with Crippen molar-refractivity contribution in [3.63, 3.8) is 0 Å². The van der Waals surface area contributed by atoms with E-state index in [0.717, 1.165) is 0 Å². The third-order valence-corrected chi connectivity index (χ3v) is 13.4. The number of carbonyl (C=O) groups is 8. The highest BCUT2D eigenvalue weighted by Gasteiger charge is 2.43. The van der Waals surface area contributed by atoms with Gasteiger partial charge in [0.1, 0.15) is 42.0 Å². The number of rotatable bonds is 11. The molecule has 68 heavy (non-hydrogen) atoms. The smallest absolute Gasteiger partial charge is 0.246 e. The number of carbonyl (C=O) groups excluding carboxylic acids is 8. The van der Waals surface area contributed by atoms with E-state index in [9.17, 15) is 48.6 Å². The molecule has 5 rings (SSSR count). The van der Waals surface area contributed by atoms with Gasteiger partial charge in [0.25, 0.3) is 0 Å². The minimum atomic E-state index is -1.58. The third-order valence-electron chi connectivity index (χ3n) is 13.4. The summed E-state index contributed by atoms with van der Waals surface area (Å²) in [7, 11) is 0. The summed E-state index contributed by atoms with van der Waals surface area (Å²) < 4.78 is 0. The molecule has 0 saturated carbocycles. The Balaban J connectivity index is 1.59. The van der Waals surface area contributed by atoms with Gasteiger partial charge in [-0.3, -0.25) is 38.4 Å². The maximum atomic E-state index is 14.8. The van der Waals surface area contributed by atoms with Crippen molar-refractivity contribution in [3.8, 4) is 5.75 Å². The van der Waals surface area contributed by atoms with Crippen molar-refractivity contribution in [1.29, 1.82) is 0 Å². The quantitative estimate of drug-likeness (QED) is 0.174. The monoisotopic (exact) mass is 944 g/mol. The number of nitrogens with zero attached hydrogens (tertiary/aromatic N) is 2. The molecule has 0 bridgehead atoms. The number of hydrogen-bond donors (Lipinski definition) is 7. The Labute approximate surface area is 400 Å². The number of aromatic hydroxyl groups is 1. The van der Waals surface area contributed by atoms with Gasteiger partial charge in [0.15, 0.2) is 5.78 Å². The molecule has 17 heteroatoms. The Bertz CT molecular complexity index is 2100. The van der Waals surface area contributed by atoms with Crippen LogP contribution >= 0.6 is 0 Å². The van der Waals surface area contributed by atoms with E-state index in [-0.39, 0.29) is 74.5 Å². The molecule has 7 N–H and O–H groups in total. The van der Waals surface area contributed by atoms with Crippen LogP contribution in [0.25, 0.3) is 0 Å². The highest BCUT2D eigenvalue weighted by Crippen LogP contribution is 2.27. The van der Waals surface area contributed by atoms with Crippen LogP contribution in [-0.2, 0) is 51.2 Å². The van der Waals surface area contributed by atoms with Crippen molar-refractivity contribution >= 4 is 47.1 Å². The van der Waals surface area contributed by atoms with Crippen LogP contribution in [0.4, 0.5) is 0 Å². The number of phenolic OH excluding ortho intramolecular Hbond substituents is 1. The van der Waals surface area contributed by atoms with Gasteiger partial charge in [0.2, 0.25) is 41.4 Å². The molecule has 0 unspecified atom stereocenters. The fourth-order valence-corrected chi connectivity index (χ4v) is 9.54. The summed E-state index contributed by atoms with van der Waals surface area (Å²) in [6.45, 7) is 13.0. The summed E-state index contributed by atoms with van der Waals surface area (Å²) in [6, 6.07) is 6.66. The van der Waals surface area contributed by atoms with E-state index >= 15 is 0 Å². The van der Waals surface area contributed by atoms with Gasteiger partial charge in [-0.15, -0.1) is 0 Å². The molecule has 3 saturated heterocycles. The molecule has 2 aromatic carbocycles. The lowest BCUT2D eigenvalue weighted by atomic mass is 9.88. The fourth-order valence-electron chi connectivity index (χ4n) is 9.54. The Morgan fingerprint density at radius 3 is 1.69 bits per heavy atom. The highest BCUT2D eigenvalue weighted by atomic mass is 16.3. The standard InChI is InChI=1S/C51H73N7O10/c1-8-31(6)43-48(65)54-38(25-30(4)5)50(67)58-23-13-17-41(58)47(64)56-44(32(7)59)49(66)52-37(26-33-14-10-9-11-15-33)46(63)53-39(27-34-18-20-36(60)21-19-34)51(68)57-22-12-16-40(57)42(61)28-35(24-29(2)3)45(62)55-43/h9-11,14-15,18-21,29-32,35,37-41,43-44,59-60H,8,12-13,16-17,22-28H2,1-7H3,(H,52,66)(H,53,63)(H,54,65)(H,55,62)(H,56,64)/t31-,32+,35-,37-,38-,39+,40+,41+,43-,44+/m0/s1. The van der Waals surface area contributed by atoms with E-state index in [2.05, 4.69) is 26.6 Å². The summed E-state index contributed by atoms with van der Waals surface area (Å²) in [5.41, 5.74) is 1.24. The van der Waals surface area contributed by atoms with Gasteiger partial charge in [0, 0.05) is 38.3 Å². The predicted octanol–water partition coefficient (Wildman–Crippen LogP) is 2.69. The first-order chi connectivity index (χ1) is 32.3. The average Bonchev–Trinajstić information content (AvgIpc) is 4.00. The molecular weight excluding hydrogens is 871 g/mol. The Morgan fingerprint density at radius 2 is 1.09 bits per heavy atom. The Morgan fingerprint density at radius 1 is 0.574 bits per heavy atom. The molecule has 0 radical (unpaired) electrons. The molecule has 3 fully saturated rings. The second-order valence-electron chi connectivity index (χ2n) is 19.8. The second-order valence-corrected chi connectivity index (χ2v) is 19.8. The van der Waals surface area contributed by atoms with E-state index in [4.69, 9.17) is 0 Å². The number of aliphatic hydroxyl groups is 1. The lowest BCUT2D eigenvalue weighted by molar-refractivity contribution is -0.144. The van der Waals surface area contributed by atoms with Crippen LogP contribution in [0, 0.1) is 23.7 Å². The molecular formula is C51H73N7O10. The second kappa shape index (κ2) is 24.4. The molecule has 0 aromatic heterocycles. The molecule has 3 aliphatic rings. The zero-order chi connectivity index (χ0) is 49.8. The summed E-state index contributed by atoms with van der Waals surface area (Å²) in [6.07, 6.45) is 0.734. The van der Waals surface area contributed by atoms with E-state index < -0.39 is 95.7 Å². The number of fused-ring (bicyclic) bond motifs is 2. The van der Waals surface area contributed by atoms with Gasteiger partial charge < -0.3 is 46.6 Å². The lowest BCUT2D eigenvalue weighted by Crippen LogP contribution is -2.62. The van der Waals surface area contributed by atoms with Crippen molar-refractivity contribution < 1.29 is 48.6 Å². The first kappa shape index (κ1) is 53.1. The lowest BCUT2D eigenvalue weighted by Gasteiger charge is -2.33. The van der Waals surface area contributed by atoms with Gasteiger partial charge in [-0.1, -0.05) is 90.4 Å². The topological polar surface area (TPSA) is 244 Å². The molecule has 372 valence electrons. The molecule has 17 nitrogen and oxygen atoms in total. The van der Waals surface area contributed by atoms with Gasteiger partial charge in [-0.25, -0.2) is 0 Å². The van der Waals surface area contributed by atoms with Crippen LogP contribution in [0.3, 0.4) is 0 Å². The first-order valence-corrected chi connectivity index (χ1v) is 24.4. The van der Waals surface area contributed by atoms with E-state index in [1.165, 1.54) is 28.9 Å². The highest BCUT2D eigenvalue weighted by molar-refractivity contribution is 5.99. The van der Waals surface area contributed by atoms with Crippen LogP contribution in [0.15, 0.2) is 54.6 Å². The van der Waals surface area contributed by atoms with Crippen LogP contribution < -0.4 is 26.6 Å². The zero-order valence-electron chi connectivity index (χ0n) is 40.7. The van der Waals surface area contributed by atoms with E-state index in [1.54, 1.807) is 42.5 Å². The molecule has 0 spiro atoms. The van der Waals surface area contributed by atoms with Gasteiger partial charge in [-0.2, -0.15) is 0 Å². The molecule has 7 amide bonds. The third kappa shape index (κ3) is 14.1.